The van der Waals surface area contributed by atoms with Crippen LogP contribution in [0.2, 0.25) is 5.02 Å². The Labute approximate surface area is 124 Å². The fourth-order valence-corrected chi connectivity index (χ4v) is 2.18. The highest BCUT2D eigenvalue weighted by Gasteiger charge is 2.22. The Kier molecular flexibility index (Phi) is 3.23. The van der Waals surface area contributed by atoms with Crippen molar-refractivity contribution in [3.05, 3.63) is 57.6 Å². The zero-order valence-electron chi connectivity index (χ0n) is 11.0. The number of carbonyl (C=O) groups excluding carboxylic acids is 1. The molecule has 2 aliphatic rings. The van der Waals surface area contributed by atoms with Crippen LogP contribution in [0.3, 0.4) is 0 Å². The summed E-state index contributed by atoms with van der Waals surface area (Å²) in [5.74, 6) is -0.560. The maximum Gasteiger partial charge on any atom is 0.341 e. The standard InChI is InChI=1S/C14H10ClN3O3/c1-21-14(20)11-7-18(9-4-2-8(15)3-5-9)6-10-12(11)16-17-13(10)19/h2-7H,1H3,(H,17,19). The van der Waals surface area contributed by atoms with Crippen LogP contribution in [-0.4, -0.2) is 27.8 Å². The number of rotatable bonds is 2. The second kappa shape index (κ2) is 5.06. The minimum atomic E-state index is -0.560. The van der Waals surface area contributed by atoms with E-state index in [9.17, 15) is 9.59 Å². The first-order valence-electron chi connectivity index (χ1n) is 6.05. The van der Waals surface area contributed by atoms with Gasteiger partial charge in [0.1, 0.15) is 11.3 Å². The smallest absolute Gasteiger partial charge is 0.341 e. The molecule has 1 N–H and O–H groups in total. The molecule has 0 fully saturated rings. The van der Waals surface area contributed by atoms with Gasteiger partial charge in [-0.25, -0.2) is 9.89 Å². The molecule has 0 radical (unpaired) electrons. The monoisotopic (exact) mass is 303 g/mol. The molecule has 0 atom stereocenters. The summed E-state index contributed by atoms with van der Waals surface area (Å²) in [6, 6.07) is 7.00. The Hall–Kier alpha value is -2.60. The topological polar surface area (TPSA) is 77.0 Å². The van der Waals surface area contributed by atoms with Crippen molar-refractivity contribution >= 4 is 17.6 Å². The van der Waals surface area contributed by atoms with Gasteiger partial charge in [-0.2, -0.15) is 5.10 Å². The van der Waals surface area contributed by atoms with Crippen LogP contribution < -0.4 is 5.56 Å². The summed E-state index contributed by atoms with van der Waals surface area (Å²) in [6.45, 7) is 0. The quantitative estimate of drug-likeness (QED) is 0.736. The molecule has 0 spiro atoms. The highest BCUT2D eigenvalue weighted by Crippen LogP contribution is 2.23. The van der Waals surface area contributed by atoms with Gasteiger partial charge >= 0.3 is 5.97 Å². The molecule has 0 amide bonds. The normalized spacial score (nSPS) is 10.8. The van der Waals surface area contributed by atoms with E-state index in [1.165, 1.54) is 7.11 Å². The second-order valence-corrected chi connectivity index (χ2v) is 4.80. The first-order valence-corrected chi connectivity index (χ1v) is 6.42. The zero-order valence-corrected chi connectivity index (χ0v) is 11.7. The van der Waals surface area contributed by atoms with Gasteiger partial charge in [0.05, 0.1) is 12.7 Å². The van der Waals surface area contributed by atoms with Crippen LogP contribution in [0.15, 0.2) is 41.5 Å². The average Bonchev–Trinajstić information content (AvgIpc) is 2.88. The molecule has 0 unspecified atom stereocenters. The first-order chi connectivity index (χ1) is 10.1. The number of nitrogens with one attached hydrogen (secondary N) is 1. The number of hydrogen-bond donors (Lipinski definition) is 1. The molecule has 0 saturated carbocycles. The number of carbonyl (C=O) groups is 1. The maximum atomic E-state index is 11.9. The Morgan fingerprint density at radius 2 is 2.00 bits per heavy atom. The number of fused-ring (bicyclic) bond motifs is 1. The minimum absolute atomic E-state index is 0.211. The highest BCUT2D eigenvalue weighted by molar-refractivity contribution is 6.30. The Balaban J connectivity index is 2.26. The van der Waals surface area contributed by atoms with Crippen molar-refractivity contribution in [2.24, 2.45) is 0 Å². The fourth-order valence-electron chi connectivity index (χ4n) is 2.06. The van der Waals surface area contributed by atoms with Crippen LogP contribution in [0.25, 0.3) is 16.9 Å². The number of pyridine rings is 1. The van der Waals surface area contributed by atoms with Crippen molar-refractivity contribution in [3.8, 4) is 16.9 Å². The van der Waals surface area contributed by atoms with E-state index in [0.29, 0.717) is 10.6 Å². The van der Waals surface area contributed by atoms with Gasteiger partial charge in [0.25, 0.3) is 5.56 Å². The molecule has 0 saturated heterocycles. The molecule has 0 bridgehead atoms. The van der Waals surface area contributed by atoms with Gasteiger partial charge in [-0.15, -0.1) is 0 Å². The number of H-pyrrole nitrogens is 1. The molecule has 1 aromatic carbocycles. The third kappa shape index (κ3) is 2.30. The molecular weight excluding hydrogens is 294 g/mol. The maximum absolute atomic E-state index is 11.9. The first kappa shape index (κ1) is 13.4. The van der Waals surface area contributed by atoms with Gasteiger partial charge in [0, 0.05) is 23.1 Å². The number of benzene rings is 1. The summed E-state index contributed by atoms with van der Waals surface area (Å²) in [5.41, 5.74) is 1.21. The fraction of sp³-hybridized carbons (Fsp3) is 0.0714. The van der Waals surface area contributed by atoms with Crippen molar-refractivity contribution in [3.63, 3.8) is 0 Å². The summed E-state index contributed by atoms with van der Waals surface area (Å²) in [7, 11) is 1.28. The molecule has 0 aromatic heterocycles. The number of aromatic nitrogens is 3. The van der Waals surface area contributed by atoms with Gasteiger partial charge in [-0.1, -0.05) is 11.6 Å². The highest BCUT2D eigenvalue weighted by atomic mass is 35.5. The van der Waals surface area contributed by atoms with Crippen LogP contribution in [0, 0.1) is 0 Å². The van der Waals surface area contributed by atoms with Crippen LogP contribution in [0.1, 0.15) is 10.4 Å². The van der Waals surface area contributed by atoms with Gasteiger partial charge in [0.15, 0.2) is 0 Å². The summed E-state index contributed by atoms with van der Waals surface area (Å²) >= 11 is 5.86. The Morgan fingerprint density at radius 3 is 2.67 bits per heavy atom. The minimum Gasteiger partial charge on any atom is -0.465 e. The largest absolute Gasteiger partial charge is 0.465 e. The predicted octanol–water partition coefficient (Wildman–Crippen LogP) is 2.11. The Morgan fingerprint density at radius 1 is 1.29 bits per heavy atom. The van der Waals surface area contributed by atoms with Crippen molar-refractivity contribution in [2.75, 3.05) is 7.11 Å². The molecule has 2 heterocycles. The number of esters is 1. The zero-order chi connectivity index (χ0) is 15.0. The van der Waals surface area contributed by atoms with E-state index in [1.807, 2.05) is 0 Å². The van der Waals surface area contributed by atoms with E-state index in [0.717, 1.165) is 5.69 Å². The van der Waals surface area contributed by atoms with E-state index in [2.05, 4.69) is 10.2 Å². The number of hydrogen-bond acceptors (Lipinski definition) is 4. The molecule has 6 nitrogen and oxygen atoms in total. The summed E-state index contributed by atoms with van der Waals surface area (Å²) in [5, 5.41) is 6.80. The molecule has 2 aliphatic heterocycles. The van der Waals surface area contributed by atoms with Gasteiger partial charge in [-0.3, -0.25) is 4.79 Å². The van der Waals surface area contributed by atoms with Crippen LogP contribution in [0.5, 0.6) is 0 Å². The number of aromatic amines is 1. The van der Waals surface area contributed by atoms with Crippen LogP contribution in [0.4, 0.5) is 0 Å². The lowest BCUT2D eigenvalue weighted by atomic mass is 10.1. The molecule has 1 aromatic rings. The molecule has 21 heavy (non-hydrogen) atoms. The number of halogens is 1. The van der Waals surface area contributed by atoms with Gasteiger partial charge in [-0.05, 0) is 24.3 Å². The van der Waals surface area contributed by atoms with Crippen molar-refractivity contribution in [1.82, 2.24) is 14.8 Å². The third-order valence-electron chi connectivity index (χ3n) is 3.09. The third-order valence-corrected chi connectivity index (χ3v) is 3.34. The van der Waals surface area contributed by atoms with Crippen molar-refractivity contribution in [1.29, 1.82) is 0 Å². The molecule has 3 rings (SSSR count). The average molecular weight is 304 g/mol. The number of nitrogens with zero attached hydrogens (tertiary/aromatic N) is 2. The van der Waals surface area contributed by atoms with E-state index in [-0.39, 0.29) is 16.8 Å². The van der Waals surface area contributed by atoms with Crippen molar-refractivity contribution in [2.45, 2.75) is 0 Å². The number of methoxy groups -OCH3 is 1. The van der Waals surface area contributed by atoms with Gasteiger partial charge < -0.3 is 9.30 Å². The van der Waals surface area contributed by atoms with E-state index in [1.54, 1.807) is 41.2 Å². The Bertz CT molecular complexity index is 836. The summed E-state index contributed by atoms with van der Waals surface area (Å²) in [6.07, 6.45) is 3.18. The van der Waals surface area contributed by atoms with Crippen LogP contribution in [-0.2, 0) is 4.74 Å². The molecule has 7 heteroatoms. The van der Waals surface area contributed by atoms with E-state index in [4.69, 9.17) is 16.3 Å². The van der Waals surface area contributed by atoms with E-state index >= 15 is 0 Å². The van der Waals surface area contributed by atoms with E-state index < -0.39 is 5.97 Å². The SMILES string of the molecule is COC(=O)c1cn(-c2ccc(Cl)cc2)cc2c(=O)[nH]nc1-2. The van der Waals surface area contributed by atoms with Crippen LogP contribution >= 0.6 is 11.6 Å². The number of ether oxygens (including phenoxy) is 1. The molecular formula is C14H10ClN3O3. The second-order valence-electron chi connectivity index (χ2n) is 4.36. The molecule has 0 aliphatic carbocycles. The van der Waals surface area contributed by atoms with Crippen molar-refractivity contribution < 1.29 is 9.53 Å². The lowest BCUT2D eigenvalue weighted by Crippen LogP contribution is -2.11. The summed E-state index contributed by atoms with van der Waals surface area (Å²) < 4.78 is 6.39. The predicted molar refractivity (Wildman–Crippen MR) is 77.2 cm³/mol. The lowest BCUT2D eigenvalue weighted by Gasteiger charge is -2.11. The summed E-state index contributed by atoms with van der Waals surface area (Å²) in [4.78, 5) is 23.6. The van der Waals surface area contributed by atoms with Gasteiger partial charge in [0.2, 0.25) is 0 Å². The lowest BCUT2D eigenvalue weighted by molar-refractivity contribution is 0.0600. The molecule has 106 valence electrons.